The summed E-state index contributed by atoms with van der Waals surface area (Å²) in [4.78, 5) is 12.0. The Hall–Kier alpha value is -1.67. The summed E-state index contributed by atoms with van der Waals surface area (Å²) in [5, 5.41) is 15.4. The predicted octanol–water partition coefficient (Wildman–Crippen LogP) is 5.84. The predicted molar refractivity (Wildman–Crippen MR) is 106 cm³/mol. The van der Waals surface area contributed by atoms with E-state index in [1.165, 1.54) is 11.3 Å². The number of rotatable bonds is 4. The minimum Gasteiger partial charge on any atom is -0.308 e. The van der Waals surface area contributed by atoms with Crippen LogP contribution < -0.4 is 10.6 Å². The van der Waals surface area contributed by atoms with Crippen LogP contribution in [0.4, 0.5) is 15.6 Å². The van der Waals surface area contributed by atoms with Gasteiger partial charge in [0.2, 0.25) is 5.13 Å². The fourth-order valence-corrected chi connectivity index (χ4v) is 3.54. The summed E-state index contributed by atoms with van der Waals surface area (Å²) < 4.78 is 1.01. The standard InChI is InChI=1S/C16H11BrCl2N4OS/c17-10-3-1-2-9(6-10)7-14-22-23-16(25-14)21-15(24)20-11-4-5-12(18)13(19)8-11/h1-6,8H,7H2,(H2,20,21,23,24). The van der Waals surface area contributed by atoms with Gasteiger partial charge in [0, 0.05) is 16.6 Å². The number of hydrogen-bond acceptors (Lipinski definition) is 4. The molecule has 128 valence electrons. The molecule has 9 heteroatoms. The lowest BCUT2D eigenvalue weighted by atomic mass is 10.2. The second-order valence-electron chi connectivity index (χ2n) is 5.02. The van der Waals surface area contributed by atoms with Crippen molar-refractivity contribution in [2.75, 3.05) is 10.6 Å². The Labute approximate surface area is 166 Å². The van der Waals surface area contributed by atoms with Crippen molar-refractivity contribution < 1.29 is 4.79 Å². The maximum absolute atomic E-state index is 12.0. The Morgan fingerprint density at radius 2 is 1.92 bits per heavy atom. The molecular formula is C16H11BrCl2N4OS. The van der Waals surface area contributed by atoms with Crippen molar-refractivity contribution in [2.45, 2.75) is 6.42 Å². The molecule has 0 aliphatic rings. The number of urea groups is 1. The molecule has 2 amide bonds. The third kappa shape index (κ3) is 5.15. The number of halogens is 3. The molecule has 0 fully saturated rings. The van der Waals surface area contributed by atoms with E-state index in [1.807, 2.05) is 24.3 Å². The number of aromatic nitrogens is 2. The summed E-state index contributed by atoms with van der Waals surface area (Å²) in [6.45, 7) is 0. The molecule has 0 aliphatic carbocycles. The summed E-state index contributed by atoms with van der Waals surface area (Å²) in [5.41, 5.74) is 1.64. The first kappa shape index (κ1) is 18.1. The zero-order chi connectivity index (χ0) is 17.8. The number of nitrogens with zero attached hydrogens (tertiary/aromatic N) is 2. The molecule has 25 heavy (non-hydrogen) atoms. The van der Waals surface area contributed by atoms with Crippen molar-refractivity contribution in [3.63, 3.8) is 0 Å². The summed E-state index contributed by atoms with van der Waals surface area (Å²) in [5.74, 6) is 0. The molecule has 0 radical (unpaired) electrons. The molecule has 0 aliphatic heterocycles. The highest BCUT2D eigenvalue weighted by Gasteiger charge is 2.10. The van der Waals surface area contributed by atoms with E-state index in [-0.39, 0.29) is 0 Å². The van der Waals surface area contributed by atoms with Crippen molar-refractivity contribution in [3.05, 3.63) is 67.6 Å². The van der Waals surface area contributed by atoms with Gasteiger partial charge in [0.15, 0.2) is 0 Å². The lowest BCUT2D eigenvalue weighted by Gasteiger charge is -2.06. The zero-order valence-electron chi connectivity index (χ0n) is 12.6. The second kappa shape index (κ2) is 8.14. The Kier molecular flexibility index (Phi) is 5.90. The van der Waals surface area contributed by atoms with Crippen LogP contribution >= 0.6 is 50.5 Å². The molecule has 0 bridgehead atoms. The SMILES string of the molecule is O=C(Nc1ccc(Cl)c(Cl)c1)Nc1nnc(Cc2cccc(Br)c2)s1. The van der Waals surface area contributed by atoms with Gasteiger partial charge in [-0.2, -0.15) is 0 Å². The van der Waals surface area contributed by atoms with Crippen LogP contribution in [0.5, 0.6) is 0 Å². The summed E-state index contributed by atoms with van der Waals surface area (Å²) >= 11 is 16.5. The van der Waals surface area contributed by atoms with Crippen molar-refractivity contribution in [1.29, 1.82) is 0 Å². The van der Waals surface area contributed by atoms with Crippen molar-refractivity contribution in [3.8, 4) is 0 Å². The van der Waals surface area contributed by atoms with E-state index >= 15 is 0 Å². The van der Waals surface area contributed by atoms with Gasteiger partial charge < -0.3 is 5.32 Å². The Morgan fingerprint density at radius 3 is 2.68 bits per heavy atom. The van der Waals surface area contributed by atoms with Gasteiger partial charge in [0.1, 0.15) is 5.01 Å². The first-order valence-corrected chi connectivity index (χ1v) is 9.46. The quantitative estimate of drug-likeness (QED) is 0.516. The maximum atomic E-state index is 12.0. The molecule has 0 atom stereocenters. The molecule has 2 aromatic carbocycles. The Bertz CT molecular complexity index is 919. The van der Waals surface area contributed by atoms with E-state index in [0.717, 1.165) is 15.0 Å². The van der Waals surface area contributed by atoms with Gasteiger partial charge in [0.25, 0.3) is 0 Å². The van der Waals surface area contributed by atoms with Crippen molar-refractivity contribution in [2.24, 2.45) is 0 Å². The average Bonchev–Trinajstić information content (AvgIpc) is 2.98. The highest BCUT2D eigenvalue weighted by Crippen LogP contribution is 2.25. The van der Waals surface area contributed by atoms with Gasteiger partial charge in [-0.25, -0.2) is 4.79 Å². The molecule has 5 nitrogen and oxygen atoms in total. The summed E-state index contributed by atoms with van der Waals surface area (Å²) in [7, 11) is 0. The molecule has 0 spiro atoms. The number of hydrogen-bond donors (Lipinski definition) is 2. The number of benzene rings is 2. The average molecular weight is 458 g/mol. The monoisotopic (exact) mass is 456 g/mol. The van der Waals surface area contributed by atoms with Crippen molar-refractivity contribution >= 4 is 67.3 Å². The molecule has 1 aromatic heterocycles. The van der Waals surface area contributed by atoms with E-state index in [1.54, 1.807) is 18.2 Å². The second-order valence-corrected chi connectivity index (χ2v) is 7.81. The van der Waals surface area contributed by atoms with Crippen LogP contribution in [0.15, 0.2) is 46.9 Å². The molecule has 0 unspecified atom stereocenters. The van der Waals surface area contributed by atoms with Crippen LogP contribution in [-0.2, 0) is 6.42 Å². The topological polar surface area (TPSA) is 66.9 Å². The highest BCUT2D eigenvalue weighted by molar-refractivity contribution is 9.10. The van der Waals surface area contributed by atoms with Gasteiger partial charge in [-0.3, -0.25) is 5.32 Å². The van der Waals surface area contributed by atoms with Gasteiger partial charge >= 0.3 is 6.03 Å². The van der Waals surface area contributed by atoms with Gasteiger partial charge in [-0.1, -0.05) is 62.6 Å². The van der Waals surface area contributed by atoms with Crippen LogP contribution in [-0.4, -0.2) is 16.2 Å². The Balaban J connectivity index is 1.60. The van der Waals surface area contributed by atoms with Gasteiger partial charge in [-0.15, -0.1) is 10.2 Å². The number of amides is 2. The first-order chi connectivity index (χ1) is 12.0. The van der Waals surface area contributed by atoms with Crippen LogP contribution in [0.25, 0.3) is 0 Å². The minimum absolute atomic E-state index is 0.367. The highest BCUT2D eigenvalue weighted by atomic mass is 79.9. The molecular weight excluding hydrogens is 447 g/mol. The lowest BCUT2D eigenvalue weighted by Crippen LogP contribution is -2.19. The molecule has 1 heterocycles. The smallest absolute Gasteiger partial charge is 0.308 e. The third-order valence-electron chi connectivity index (χ3n) is 3.11. The molecule has 3 rings (SSSR count). The van der Waals surface area contributed by atoms with Gasteiger partial charge in [0.05, 0.1) is 10.0 Å². The normalized spacial score (nSPS) is 10.5. The lowest BCUT2D eigenvalue weighted by molar-refractivity contribution is 0.262. The molecule has 0 saturated carbocycles. The fraction of sp³-hybridized carbons (Fsp3) is 0.0625. The van der Waals surface area contributed by atoms with E-state index in [0.29, 0.717) is 27.3 Å². The van der Waals surface area contributed by atoms with Crippen LogP contribution in [0.1, 0.15) is 10.6 Å². The van der Waals surface area contributed by atoms with Crippen molar-refractivity contribution in [1.82, 2.24) is 10.2 Å². The number of carbonyl (C=O) groups excluding carboxylic acids is 1. The van der Waals surface area contributed by atoms with E-state index in [9.17, 15) is 4.79 Å². The number of nitrogens with one attached hydrogen (secondary N) is 2. The Morgan fingerprint density at radius 1 is 1.08 bits per heavy atom. The van der Waals surface area contributed by atoms with E-state index in [2.05, 4.69) is 36.8 Å². The first-order valence-electron chi connectivity index (χ1n) is 7.09. The zero-order valence-corrected chi connectivity index (χ0v) is 16.5. The summed E-state index contributed by atoms with van der Waals surface area (Å²) in [6.07, 6.45) is 0.646. The van der Waals surface area contributed by atoms with E-state index < -0.39 is 6.03 Å². The largest absolute Gasteiger partial charge is 0.325 e. The van der Waals surface area contributed by atoms with Crippen LogP contribution in [0.2, 0.25) is 10.0 Å². The summed E-state index contributed by atoms with van der Waals surface area (Å²) in [6, 6.07) is 12.4. The van der Waals surface area contributed by atoms with E-state index in [4.69, 9.17) is 23.2 Å². The molecule has 2 N–H and O–H groups in total. The maximum Gasteiger partial charge on any atom is 0.325 e. The minimum atomic E-state index is -0.427. The molecule has 0 saturated heterocycles. The number of carbonyl (C=O) groups is 1. The van der Waals surface area contributed by atoms with Gasteiger partial charge in [-0.05, 0) is 35.9 Å². The fourth-order valence-electron chi connectivity index (χ4n) is 2.03. The van der Waals surface area contributed by atoms with Crippen LogP contribution in [0.3, 0.4) is 0 Å². The molecule has 3 aromatic rings. The van der Waals surface area contributed by atoms with Crippen LogP contribution in [0, 0.1) is 0 Å². The number of anilines is 2. The third-order valence-corrected chi connectivity index (χ3v) is 5.18.